The van der Waals surface area contributed by atoms with Crippen LogP contribution in [0.3, 0.4) is 0 Å². The van der Waals surface area contributed by atoms with Gasteiger partial charge in [-0.25, -0.2) is 13.1 Å². The molecule has 2 aromatic rings. The Labute approximate surface area is 128 Å². The Bertz CT molecular complexity index is 798. The number of ether oxygens (including phenoxy) is 2. The molecular formula is C14H17N3O4S. The van der Waals surface area contributed by atoms with Crippen molar-refractivity contribution in [2.75, 3.05) is 6.79 Å². The minimum absolute atomic E-state index is 0.176. The molecule has 0 spiro atoms. The van der Waals surface area contributed by atoms with E-state index in [4.69, 9.17) is 9.47 Å². The summed E-state index contributed by atoms with van der Waals surface area (Å²) in [5.41, 5.74) is 1.43. The van der Waals surface area contributed by atoms with Gasteiger partial charge in [0.15, 0.2) is 11.5 Å². The van der Waals surface area contributed by atoms with E-state index in [1.807, 2.05) is 6.92 Å². The smallest absolute Gasteiger partial charge is 0.244 e. The van der Waals surface area contributed by atoms with Gasteiger partial charge in [0.25, 0.3) is 0 Å². The fourth-order valence-electron chi connectivity index (χ4n) is 2.32. The lowest BCUT2D eigenvalue weighted by atomic mass is 10.2. The summed E-state index contributed by atoms with van der Waals surface area (Å²) in [6.45, 7) is 4.65. The van der Waals surface area contributed by atoms with Gasteiger partial charge in [0.1, 0.15) is 4.90 Å². The SMILES string of the molecule is CCn1ncc(S(=O)(=O)NCc2ccc3c(c2)OCO3)c1C. The number of aromatic nitrogens is 2. The Kier molecular flexibility index (Phi) is 3.79. The van der Waals surface area contributed by atoms with Crippen LogP contribution < -0.4 is 14.2 Å². The first-order valence-electron chi connectivity index (χ1n) is 6.92. The molecule has 0 amide bonds. The molecule has 8 heteroatoms. The second kappa shape index (κ2) is 5.62. The molecule has 1 aromatic heterocycles. The van der Waals surface area contributed by atoms with Crippen molar-refractivity contribution in [1.29, 1.82) is 0 Å². The molecule has 0 aliphatic carbocycles. The zero-order valence-corrected chi connectivity index (χ0v) is 13.2. The Morgan fingerprint density at radius 2 is 2.09 bits per heavy atom. The molecule has 1 aromatic carbocycles. The van der Waals surface area contributed by atoms with Crippen LogP contribution in [0.5, 0.6) is 11.5 Å². The standard InChI is InChI=1S/C14H17N3O4S/c1-3-17-10(2)14(8-15-17)22(18,19)16-7-11-4-5-12-13(6-11)21-9-20-12/h4-6,8,16H,3,7,9H2,1-2H3. The van der Waals surface area contributed by atoms with Crippen molar-refractivity contribution >= 4 is 10.0 Å². The van der Waals surface area contributed by atoms with Crippen LogP contribution in [0.4, 0.5) is 0 Å². The maximum absolute atomic E-state index is 12.4. The van der Waals surface area contributed by atoms with Crippen molar-refractivity contribution in [3.8, 4) is 11.5 Å². The third-order valence-corrected chi connectivity index (χ3v) is 5.05. The van der Waals surface area contributed by atoms with Gasteiger partial charge in [0.2, 0.25) is 16.8 Å². The average molecular weight is 323 g/mol. The highest BCUT2D eigenvalue weighted by Crippen LogP contribution is 2.32. The number of aryl methyl sites for hydroxylation is 1. The van der Waals surface area contributed by atoms with Gasteiger partial charge in [0, 0.05) is 13.1 Å². The summed E-state index contributed by atoms with van der Waals surface area (Å²) in [4.78, 5) is 0.204. The summed E-state index contributed by atoms with van der Waals surface area (Å²) in [5, 5.41) is 4.06. The molecule has 0 atom stereocenters. The largest absolute Gasteiger partial charge is 0.454 e. The highest BCUT2D eigenvalue weighted by molar-refractivity contribution is 7.89. The molecule has 0 unspecified atom stereocenters. The van der Waals surface area contributed by atoms with Crippen molar-refractivity contribution in [3.05, 3.63) is 35.7 Å². The molecule has 0 saturated heterocycles. The summed E-state index contributed by atoms with van der Waals surface area (Å²) in [6.07, 6.45) is 1.38. The van der Waals surface area contributed by atoms with Crippen LogP contribution in [0.25, 0.3) is 0 Å². The van der Waals surface area contributed by atoms with Crippen LogP contribution >= 0.6 is 0 Å². The Morgan fingerprint density at radius 1 is 1.32 bits per heavy atom. The molecule has 3 rings (SSSR count). The molecule has 0 saturated carbocycles. The maximum Gasteiger partial charge on any atom is 0.244 e. The molecule has 118 valence electrons. The lowest BCUT2D eigenvalue weighted by Gasteiger charge is -2.07. The molecule has 1 aliphatic rings. The Morgan fingerprint density at radius 3 is 2.82 bits per heavy atom. The van der Waals surface area contributed by atoms with Gasteiger partial charge in [-0.15, -0.1) is 0 Å². The topological polar surface area (TPSA) is 82.5 Å². The predicted molar refractivity (Wildman–Crippen MR) is 79.2 cm³/mol. The molecule has 0 fully saturated rings. The lowest BCUT2D eigenvalue weighted by molar-refractivity contribution is 0.174. The Balaban J connectivity index is 1.76. The van der Waals surface area contributed by atoms with Crippen molar-refractivity contribution in [2.45, 2.75) is 31.8 Å². The first-order valence-corrected chi connectivity index (χ1v) is 8.40. The van der Waals surface area contributed by atoms with Gasteiger partial charge in [-0.1, -0.05) is 6.07 Å². The van der Waals surface area contributed by atoms with E-state index in [1.165, 1.54) is 6.20 Å². The van der Waals surface area contributed by atoms with Crippen LogP contribution in [0.2, 0.25) is 0 Å². The number of hydrogen-bond donors (Lipinski definition) is 1. The van der Waals surface area contributed by atoms with Gasteiger partial charge in [-0.05, 0) is 31.5 Å². The molecule has 7 nitrogen and oxygen atoms in total. The molecule has 1 aliphatic heterocycles. The summed E-state index contributed by atoms with van der Waals surface area (Å²) in [7, 11) is -3.60. The van der Waals surface area contributed by atoms with Gasteiger partial charge in [-0.3, -0.25) is 4.68 Å². The van der Waals surface area contributed by atoms with Crippen LogP contribution in [0.1, 0.15) is 18.2 Å². The van der Waals surface area contributed by atoms with E-state index in [0.29, 0.717) is 23.7 Å². The van der Waals surface area contributed by atoms with Crippen LogP contribution in [0, 0.1) is 6.92 Å². The molecule has 0 bridgehead atoms. The zero-order chi connectivity index (χ0) is 15.7. The number of benzene rings is 1. The fraction of sp³-hybridized carbons (Fsp3) is 0.357. The van der Waals surface area contributed by atoms with Gasteiger partial charge in [0.05, 0.1) is 11.9 Å². The first-order chi connectivity index (χ1) is 10.5. The van der Waals surface area contributed by atoms with Crippen LogP contribution in [0.15, 0.2) is 29.3 Å². The van der Waals surface area contributed by atoms with Crippen molar-refractivity contribution < 1.29 is 17.9 Å². The number of sulfonamides is 1. The number of rotatable bonds is 5. The minimum atomic E-state index is -3.60. The minimum Gasteiger partial charge on any atom is -0.454 e. The summed E-state index contributed by atoms with van der Waals surface area (Å²) in [6, 6.07) is 5.35. The van der Waals surface area contributed by atoms with E-state index in [0.717, 1.165) is 5.56 Å². The van der Waals surface area contributed by atoms with Crippen molar-refractivity contribution in [3.63, 3.8) is 0 Å². The zero-order valence-electron chi connectivity index (χ0n) is 12.4. The Hall–Kier alpha value is -2.06. The molecule has 22 heavy (non-hydrogen) atoms. The quantitative estimate of drug-likeness (QED) is 0.900. The van der Waals surface area contributed by atoms with Crippen molar-refractivity contribution in [2.24, 2.45) is 0 Å². The van der Waals surface area contributed by atoms with E-state index in [2.05, 4.69) is 9.82 Å². The third kappa shape index (κ3) is 2.67. The number of nitrogens with one attached hydrogen (secondary N) is 1. The van der Waals surface area contributed by atoms with Crippen LogP contribution in [-0.2, 0) is 23.1 Å². The summed E-state index contributed by atoms with van der Waals surface area (Å²) in [5.74, 6) is 1.30. The predicted octanol–water partition coefficient (Wildman–Crippen LogP) is 1.42. The van der Waals surface area contributed by atoms with E-state index >= 15 is 0 Å². The fourth-order valence-corrected chi connectivity index (χ4v) is 3.51. The van der Waals surface area contributed by atoms with E-state index < -0.39 is 10.0 Å². The normalized spacial score (nSPS) is 13.5. The highest BCUT2D eigenvalue weighted by atomic mass is 32.2. The maximum atomic E-state index is 12.4. The number of nitrogens with zero attached hydrogens (tertiary/aromatic N) is 2. The molecule has 2 heterocycles. The van der Waals surface area contributed by atoms with Gasteiger partial charge < -0.3 is 9.47 Å². The summed E-state index contributed by atoms with van der Waals surface area (Å²) >= 11 is 0. The van der Waals surface area contributed by atoms with Gasteiger partial charge in [-0.2, -0.15) is 5.10 Å². The second-order valence-corrected chi connectivity index (χ2v) is 6.66. The lowest BCUT2D eigenvalue weighted by Crippen LogP contribution is -2.23. The first kappa shape index (κ1) is 14.9. The highest BCUT2D eigenvalue weighted by Gasteiger charge is 2.21. The molecule has 1 N–H and O–H groups in total. The van der Waals surface area contributed by atoms with Crippen LogP contribution in [-0.4, -0.2) is 25.0 Å². The average Bonchev–Trinajstić information content (AvgIpc) is 3.10. The monoisotopic (exact) mass is 323 g/mol. The van der Waals surface area contributed by atoms with E-state index in [9.17, 15) is 8.42 Å². The number of hydrogen-bond acceptors (Lipinski definition) is 5. The molecular weight excluding hydrogens is 306 g/mol. The number of fused-ring (bicyclic) bond motifs is 1. The second-order valence-electron chi connectivity index (χ2n) is 4.92. The van der Waals surface area contributed by atoms with E-state index in [1.54, 1.807) is 29.8 Å². The van der Waals surface area contributed by atoms with E-state index in [-0.39, 0.29) is 18.2 Å². The van der Waals surface area contributed by atoms with Gasteiger partial charge >= 0.3 is 0 Å². The summed E-state index contributed by atoms with van der Waals surface area (Å²) < 4.78 is 39.5. The third-order valence-electron chi connectivity index (χ3n) is 3.55. The molecule has 0 radical (unpaired) electrons. The van der Waals surface area contributed by atoms with Crippen molar-refractivity contribution in [1.82, 2.24) is 14.5 Å².